The van der Waals surface area contributed by atoms with Crippen molar-refractivity contribution in [1.29, 1.82) is 0 Å². The van der Waals surface area contributed by atoms with E-state index in [-0.39, 0.29) is 5.60 Å². The molecule has 2 aliphatic rings. The van der Waals surface area contributed by atoms with Gasteiger partial charge in [0.1, 0.15) is 10.6 Å². The van der Waals surface area contributed by atoms with Crippen LogP contribution in [0.5, 0.6) is 0 Å². The summed E-state index contributed by atoms with van der Waals surface area (Å²) in [7, 11) is 2.20. The minimum atomic E-state index is -0.129. The predicted octanol–water partition coefficient (Wildman–Crippen LogP) is 2.09. The van der Waals surface area contributed by atoms with Crippen LogP contribution in [0.1, 0.15) is 25.3 Å². The van der Waals surface area contributed by atoms with E-state index in [1.165, 1.54) is 5.01 Å². The zero-order chi connectivity index (χ0) is 16.3. The van der Waals surface area contributed by atoms with Crippen LogP contribution in [0.2, 0.25) is 0 Å². The van der Waals surface area contributed by atoms with Crippen LogP contribution >= 0.6 is 11.3 Å². The number of nitrogens with zero attached hydrogens (tertiary/aromatic N) is 3. The molecule has 5 nitrogen and oxygen atoms in total. The van der Waals surface area contributed by atoms with Crippen molar-refractivity contribution in [3.05, 3.63) is 16.6 Å². The number of aromatic nitrogens is 1. The van der Waals surface area contributed by atoms with Crippen LogP contribution in [0.3, 0.4) is 0 Å². The Kier molecular flexibility index (Phi) is 5.69. The minimum absolute atomic E-state index is 0.129. The standard InChI is InChI=1S/C17H29N3O2S/c1-14(2)19(3)9-15-8-17(22-11-15)12-20(5-6-21-13-17)10-16-18-4-7-23-16/h4,7,14-15H,5-6,8-13H2,1-3H3. The van der Waals surface area contributed by atoms with Crippen LogP contribution in [-0.4, -0.2) is 72.9 Å². The Balaban J connectivity index is 1.59. The summed E-state index contributed by atoms with van der Waals surface area (Å²) >= 11 is 1.73. The molecule has 0 saturated carbocycles. The minimum Gasteiger partial charge on any atom is -0.377 e. The zero-order valence-corrected chi connectivity index (χ0v) is 15.3. The monoisotopic (exact) mass is 339 g/mol. The fourth-order valence-electron chi connectivity index (χ4n) is 3.53. The first-order valence-corrected chi connectivity index (χ1v) is 9.47. The van der Waals surface area contributed by atoms with E-state index in [1.807, 2.05) is 11.6 Å². The Morgan fingerprint density at radius 2 is 2.39 bits per heavy atom. The van der Waals surface area contributed by atoms with Crippen molar-refractivity contribution in [2.45, 2.75) is 38.5 Å². The van der Waals surface area contributed by atoms with Crippen molar-refractivity contribution in [2.24, 2.45) is 5.92 Å². The fraction of sp³-hybridized carbons (Fsp3) is 0.824. The molecule has 0 radical (unpaired) electrons. The largest absolute Gasteiger partial charge is 0.377 e. The molecule has 1 aromatic heterocycles. The Morgan fingerprint density at radius 1 is 1.52 bits per heavy atom. The van der Waals surface area contributed by atoms with Gasteiger partial charge < -0.3 is 14.4 Å². The molecule has 0 N–H and O–H groups in total. The van der Waals surface area contributed by atoms with Crippen LogP contribution in [0, 0.1) is 5.92 Å². The lowest BCUT2D eigenvalue weighted by atomic mass is 9.93. The summed E-state index contributed by atoms with van der Waals surface area (Å²) in [5.41, 5.74) is -0.129. The zero-order valence-electron chi connectivity index (χ0n) is 14.5. The molecule has 1 aromatic rings. The molecule has 3 heterocycles. The summed E-state index contributed by atoms with van der Waals surface area (Å²) < 4.78 is 12.2. The van der Waals surface area contributed by atoms with Gasteiger partial charge in [-0.3, -0.25) is 4.90 Å². The van der Waals surface area contributed by atoms with Gasteiger partial charge in [0, 0.05) is 37.3 Å². The van der Waals surface area contributed by atoms with E-state index in [1.54, 1.807) is 11.3 Å². The lowest BCUT2D eigenvalue weighted by Gasteiger charge is -2.31. The summed E-state index contributed by atoms with van der Waals surface area (Å²) in [5.74, 6) is 0.603. The van der Waals surface area contributed by atoms with E-state index in [0.29, 0.717) is 12.0 Å². The summed E-state index contributed by atoms with van der Waals surface area (Å²) in [6.07, 6.45) is 2.98. The third-order valence-electron chi connectivity index (χ3n) is 4.98. The third-order valence-corrected chi connectivity index (χ3v) is 5.75. The molecule has 0 aromatic carbocycles. The molecule has 3 rings (SSSR count). The lowest BCUT2D eigenvalue weighted by Crippen LogP contribution is -2.44. The topological polar surface area (TPSA) is 37.8 Å². The molecule has 1 spiro atoms. The van der Waals surface area contributed by atoms with Crippen molar-refractivity contribution < 1.29 is 9.47 Å². The Labute approximate surface area is 143 Å². The number of hydrogen-bond donors (Lipinski definition) is 0. The first kappa shape index (κ1) is 17.3. The van der Waals surface area contributed by atoms with Crippen molar-refractivity contribution >= 4 is 11.3 Å². The summed E-state index contributed by atoms with van der Waals surface area (Å²) in [6, 6.07) is 0.582. The maximum atomic E-state index is 6.29. The van der Waals surface area contributed by atoms with Gasteiger partial charge in [-0.15, -0.1) is 11.3 Å². The van der Waals surface area contributed by atoms with Gasteiger partial charge in [0.05, 0.1) is 26.4 Å². The van der Waals surface area contributed by atoms with Crippen molar-refractivity contribution in [3.8, 4) is 0 Å². The molecular formula is C17H29N3O2S. The molecule has 2 aliphatic heterocycles. The highest BCUT2D eigenvalue weighted by Gasteiger charge is 2.43. The maximum Gasteiger partial charge on any atom is 0.107 e. The average Bonchev–Trinajstić information content (AvgIpc) is 3.09. The third kappa shape index (κ3) is 4.51. The molecule has 2 saturated heterocycles. The quantitative estimate of drug-likeness (QED) is 0.821. The maximum absolute atomic E-state index is 6.29. The van der Waals surface area contributed by atoms with Crippen LogP contribution < -0.4 is 0 Å². The molecule has 2 atom stereocenters. The summed E-state index contributed by atoms with van der Waals surface area (Å²) in [4.78, 5) is 9.28. The van der Waals surface area contributed by atoms with Crippen molar-refractivity contribution in [1.82, 2.24) is 14.8 Å². The molecule has 0 amide bonds. The SMILES string of the molecule is CC(C)N(C)CC1COC2(COCCN(Cc3nccs3)C2)C1. The second kappa shape index (κ2) is 7.57. The molecule has 23 heavy (non-hydrogen) atoms. The van der Waals surface area contributed by atoms with Gasteiger partial charge in [-0.1, -0.05) is 0 Å². The Hall–Kier alpha value is -0.530. The van der Waals surface area contributed by atoms with Gasteiger partial charge in [0.2, 0.25) is 0 Å². The van der Waals surface area contributed by atoms with E-state index in [2.05, 4.69) is 35.7 Å². The number of rotatable bonds is 5. The molecule has 0 bridgehead atoms. The smallest absolute Gasteiger partial charge is 0.107 e. The van der Waals surface area contributed by atoms with Gasteiger partial charge in [-0.2, -0.15) is 0 Å². The Morgan fingerprint density at radius 3 is 3.13 bits per heavy atom. The highest BCUT2D eigenvalue weighted by Crippen LogP contribution is 2.33. The molecule has 0 aliphatic carbocycles. The summed E-state index contributed by atoms with van der Waals surface area (Å²) in [6.45, 7) is 10.8. The molecule has 130 valence electrons. The van der Waals surface area contributed by atoms with Gasteiger partial charge in [0.25, 0.3) is 0 Å². The predicted molar refractivity (Wildman–Crippen MR) is 92.8 cm³/mol. The van der Waals surface area contributed by atoms with E-state index >= 15 is 0 Å². The fourth-order valence-corrected chi connectivity index (χ4v) is 4.18. The number of hydrogen-bond acceptors (Lipinski definition) is 6. The van der Waals surface area contributed by atoms with Gasteiger partial charge in [0.15, 0.2) is 0 Å². The van der Waals surface area contributed by atoms with Gasteiger partial charge in [-0.05, 0) is 33.2 Å². The van der Waals surface area contributed by atoms with E-state index in [4.69, 9.17) is 9.47 Å². The molecule has 6 heteroatoms. The number of thiazole rings is 1. The highest BCUT2D eigenvalue weighted by molar-refractivity contribution is 7.09. The second-order valence-electron chi connectivity index (χ2n) is 7.29. The average molecular weight is 340 g/mol. The van der Waals surface area contributed by atoms with Crippen molar-refractivity contribution in [2.75, 3.05) is 46.5 Å². The normalized spacial score (nSPS) is 29.7. The van der Waals surface area contributed by atoms with Crippen LogP contribution in [0.15, 0.2) is 11.6 Å². The van der Waals surface area contributed by atoms with Crippen LogP contribution in [0.25, 0.3) is 0 Å². The van der Waals surface area contributed by atoms with Gasteiger partial charge in [-0.25, -0.2) is 4.98 Å². The lowest BCUT2D eigenvalue weighted by molar-refractivity contribution is -0.0563. The van der Waals surface area contributed by atoms with Crippen LogP contribution in [0.4, 0.5) is 0 Å². The van der Waals surface area contributed by atoms with Gasteiger partial charge >= 0.3 is 0 Å². The first-order valence-electron chi connectivity index (χ1n) is 8.59. The van der Waals surface area contributed by atoms with E-state index < -0.39 is 0 Å². The van der Waals surface area contributed by atoms with E-state index in [9.17, 15) is 0 Å². The molecule has 2 fully saturated rings. The van der Waals surface area contributed by atoms with Crippen molar-refractivity contribution in [3.63, 3.8) is 0 Å². The first-order chi connectivity index (χ1) is 11.1. The number of ether oxygens (including phenoxy) is 2. The molecule has 2 unspecified atom stereocenters. The van der Waals surface area contributed by atoms with Crippen LogP contribution in [-0.2, 0) is 16.0 Å². The highest BCUT2D eigenvalue weighted by atomic mass is 32.1. The molecular weight excluding hydrogens is 310 g/mol. The second-order valence-corrected chi connectivity index (χ2v) is 8.27. The van der Waals surface area contributed by atoms with E-state index in [0.717, 1.165) is 52.4 Å². The Bertz CT molecular complexity index is 482. The summed E-state index contributed by atoms with van der Waals surface area (Å²) in [5, 5.41) is 3.22.